The minimum Gasteiger partial charge on any atom is -0.496 e. The van der Waals surface area contributed by atoms with Crippen LogP contribution in [0.4, 0.5) is 0 Å². The largest absolute Gasteiger partial charge is 0.496 e. The Morgan fingerprint density at radius 2 is 2.36 bits per heavy atom. The van der Waals surface area contributed by atoms with Crippen LogP contribution < -0.4 is 0 Å². The predicted molar refractivity (Wildman–Crippen MR) is 54.4 cm³/mol. The summed E-state index contributed by atoms with van der Waals surface area (Å²) >= 11 is 0. The molecule has 0 bridgehead atoms. The topological polar surface area (TPSA) is 56.5 Å². The minimum absolute atomic E-state index is 0. The lowest BCUT2D eigenvalue weighted by atomic mass is 10.2. The van der Waals surface area contributed by atoms with Crippen LogP contribution in [-0.4, -0.2) is 29.9 Å². The molecular weight excluding hydrogens is 204 g/mol. The van der Waals surface area contributed by atoms with Crippen LogP contribution >= 0.6 is 12.4 Å². The van der Waals surface area contributed by atoms with E-state index in [9.17, 15) is 5.11 Å². The molecule has 14 heavy (non-hydrogen) atoms. The van der Waals surface area contributed by atoms with E-state index in [1.54, 1.807) is 24.1 Å². The molecule has 0 aromatic rings. The molecule has 0 aromatic carbocycles. The summed E-state index contributed by atoms with van der Waals surface area (Å²) in [5.74, 6) is 0.569. The average Bonchev–Trinajstić information content (AvgIpc) is 2.16. The van der Waals surface area contributed by atoms with E-state index >= 15 is 0 Å². The van der Waals surface area contributed by atoms with Gasteiger partial charge in [-0.05, 0) is 13.0 Å². The summed E-state index contributed by atoms with van der Waals surface area (Å²) in [6, 6.07) is 2.04. The maximum absolute atomic E-state index is 9.25. The van der Waals surface area contributed by atoms with Crippen LogP contribution in [0, 0.1) is 11.3 Å². The summed E-state index contributed by atoms with van der Waals surface area (Å²) in [6.07, 6.45) is 2.80. The number of rotatable bonds is 2. The zero-order valence-electron chi connectivity index (χ0n) is 8.10. The summed E-state index contributed by atoms with van der Waals surface area (Å²) in [5.41, 5.74) is 0.533. The van der Waals surface area contributed by atoms with Crippen LogP contribution in [0.2, 0.25) is 0 Å². The van der Waals surface area contributed by atoms with Crippen molar-refractivity contribution >= 4 is 12.4 Å². The minimum atomic E-state index is -0.585. The van der Waals surface area contributed by atoms with E-state index in [1.807, 2.05) is 6.07 Å². The summed E-state index contributed by atoms with van der Waals surface area (Å²) in [4.78, 5) is 1.65. The Morgan fingerprint density at radius 3 is 2.79 bits per heavy atom. The second-order valence-electron chi connectivity index (χ2n) is 2.78. The molecule has 1 heterocycles. The lowest BCUT2D eigenvalue weighted by molar-refractivity contribution is 0.0587. The SMILES string of the molecule is COC1=C(C#N)CN(C(C)O)C=C1.Cl. The van der Waals surface area contributed by atoms with Crippen LogP contribution in [-0.2, 0) is 4.74 Å². The lowest BCUT2D eigenvalue weighted by Gasteiger charge is -2.26. The molecule has 5 heteroatoms. The van der Waals surface area contributed by atoms with Crippen molar-refractivity contribution in [3.63, 3.8) is 0 Å². The van der Waals surface area contributed by atoms with Crippen molar-refractivity contribution in [3.8, 4) is 6.07 Å². The fourth-order valence-corrected chi connectivity index (χ4v) is 1.12. The molecule has 0 radical (unpaired) electrons. The molecule has 0 saturated heterocycles. The Balaban J connectivity index is 0.00000169. The number of ether oxygens (including phenoxy) is 1. The lowest BCUT2D eigenvalue weighted by Crippen LogP contribution is -2.31. The third kappa shape index (κ3) is 2.66. The highest BCUT2D eigenvalue weighted by molar-refractivity contribution is 5.85. The molecule has 4 nitrogen and oxygen atoms in total. The Bertz CT molecular complexity index is 292. The first kappa shape index (κ1) is 12.8. The van der Waals surface area contributed by atoms with Crippen molar-refractivity contribution in [1.82, 2.24) is 4.90 Å². The monoisotopic (exact) mass is 216 g/mol. The fourth-order valence-electron chi connectivity index (χ4n) is 1.12. The van der Waals surface area contributed by atoms with Gasteiger partial charge in [-0.15, -0.1) is 12.4 Å². The Hall–Kier alpha value is -1.18. The van der Waals surface area contributed by atoms with Gasteiger partial charge in [0.2, 0.25) is 0 Å². The smallest absolute Gasteiger partial charge is 0.135 e. The van der Waals surface area contributed by atoms with Crippen LogP contribution in [0.5, 0.6) is 0 Å². The van der Waals surface area contributed by atoms with Crippen molar-refractivity contribution in [2.24, 2.45) is 0 Å². The number of allylic oxidation sites excluding steroid dienone is 1. The van der Waals surface area contributed by atoms with Crippen molar-refractivity contribution in [2.45, 2.75) is 13.2 Å². The molecule has 1 rings (SSSR count). The predicted octanol–water partition coefficient (Wildman–Crippen LogP) is 1.000. The first-order valence-electron chi connectivity index (χ1n) is 3.98. The number of halogens is 1. The maximum atomic E-state index is 9.25. The second-order valence-corrected chi connectivity index (χ2v) is 2.78. The zero-order valence-corrected chi connectivity index (χ0v) is 8.91. The van der Waals surface area contributed by atoms with Gasteiger partial charge < -0.3 is 14.7 Å². The van der Waals surface area contributed by atoms with E-state index in [0.29, 0.717) is 17.9 Å². The molecule has 0 amide bonds. The fraction of sp³-hybridized carbons (Fsp3) is 0.444. The molecule has 1 N–H and O–H groups in total. The Morgan fingerprint density at radius 1 is 1.71 bits per heavy atom. The molecule has 0 fully saturated rings. The third-order valence-electron chi connectivity index (χ3n) is 1.89. The average molecular weight is 217 g/mol. The van der Waals surface area contributed by atoms with Crippen LogP contribution in [0.3, 0.4) is 0 Å². The second kappa shape index (κ2) is 5.53. The number of methoxy groups -OCH3 is 1. The number of aliphatic hydroxyl groups is 1. The Kier molecular flexibility index (Phi) is 5.06. The summed E-state index contributed by atoms with van der Waals surface area (Å²) in [7, 11) is 1.52. The van der Waals surface area contributed by atoms with Crippen molar-refractivity contribution in [3.05, 3.63) is 23.6 Å². The molecule has 1 unspecified atom stereocenters. The van der Waals surface area contributed by atoms with Gasteiger partial charge in [-0.1, -0.05) is 0 Å². The number of nitriles is 1. The van der Waals surface area contributed by atoms with Crippen LogP contribution in [0.15, 0.2) is 23.6 Å². The van der Waals surface area contributed by atoms with E-state index in [0.717, 1.165) is 0 Å². The van der Waals surface area contributed by atoms with Gasteiger partial charge in [0.05, 0.1) is 19.2 Å². The highest BCUT2D eigenvalue weighted by Crippen LogP contribution is 2.16. The number of hydrogen-bond acceptors (Lipinski definition) is 4. The number of aliphatic hydroxyl groups excluding tert-OH is 1. The third-order valence-corrected chi connectivity index (χ3v) is 1.89. The quantitative estimate of drug-likeness (QED) is 0.748. The first-order chi connectivity index (χ1) is 6.19. The van der Waals surface area contributed by atoms with E-state index in [2.05, 4.69) is 0 Å². The van der Waals surface area contributed by atoms with Crippen molar-refractivity contribution in [2.75, 3.05) is 13.7 Å². The molecule has 1 aliphatic rings. The molecule has 1 aliphatic heterocycles. The summed E-state index contributed by atoms with van der Waals surface area (Å²) < 4.78 is 4.98. The summed E-state index contributed by atoms with van der Waals surface area (Å²) in [5, 5.41) is 18.0. The molecule has 78 valence electrons. The molecular formula is C9H13ClN2O2. The molecule has 0 saturated carbocycles. The van der Waals surface area contributed by atoms with Crippen molar-refractivity contribution in [1.29, 1.82) is 5.26 Å². The normalized spacial score (nSPS) is 17.1. The number of nitrogens with zero attached hydrogens (tertiary/aromatic N) is 2. The van der Waals surface area contributed by atoms with Gasteiger partial charge in [-0.2, -0.15) is 5.26 Å². The molecule has 0 spiro atoms. The van der Waals surface area contributed by atoms with Gasteiger partial charge in [-0.3, -0.25) is 0 Å². The molecule has 1 atom stereocenters. The Labute approximate surface area is 89.5 Å². The van der Waals surface area contributed by atoms with E-state index in [1.165, 1.54) is 7.11 Å². The highest BCUT2D eigenvalue weighted by Gasteiger charge is 2.16. The first-order valence-corrected chi connectivity index (χ1v) is 3.98. The van der Waals surface area contributed by atoms with Crippen LogP contribution in [0.1, 0.15) is 6.92 Å². The van der Waals surface area contributed by atoms with Gasteiger partial charge >= 0.3 is 0 Å². The van der Waals surface area contributed by atoms with Gasteiger partial charge in [0.15, 0.2) is 0 Å². The molecule has 0 aromatic heterocycles. The highest BCUT2D eigenvalue weighted by atomic mass is 35.5. The standard InChI is InChI=1S/C9H12N2O2.ClH/c1-7(12)11-4-3-9(13-2)8(5-10)6-11;/h3-4,7,12H,6H2,1-2H3;1H. The summed E-state index contributed by atoms with van der Waals surface area (Å²) in [6.45, 7) is 2.05. The molecule has 0 aliphatic carbocycles. The number of hydrogen-bond donors (Lipinski definition) is 1. The van der Waals surface area contributed by atoms with E-state index in [4.69, 9.17) is 10.00 Å². The van der Waals surface area contributed by atoms with E-state index < -0.39 is 6.23 Å². The van der Waals surface area contributed by atoms with Gasteiger partial charge in [-0.25, -0.2) is 0 Å². The van der Waals surface area contributed by atoms with Gasteiger partial charge in [0.25, 0.3) is 0 Å². The van der Waals surface area contributed by atoms with Crippen molar-refractivity contribution < 1.29 is 9.84 Å². The van der Waals surface area contributed by atoms with Gasteiger partial charge in [0, 0.05) is 6.20 Å². The van der Waals surface area contributed by atoms with Crippen LogP contribution in [0.25, 0.3) is 0 Å². The van der Waals surface area contributed by atoms with E-state index in [-0.39, 0.29) is 12.4 Å². The maximum Gasteiger partial charge on any atom is 0.135 e. The van der Waals surface area contributed by atoms with Gasteiger partial charge in [0.1, 0.15) is 18.1 Å². The zero-order chi connectivity index (χ0) is 9.84.